The molecule has 0 fully saturated rings. The second kappa shape index (κ2) is 8.43. The fourth-order valence-electron chi connectivity index (χ4n) is 2.09. The monoisotopic (exact) mass is 395 g/mol. The van der Waals surface area contributed by atoms with Gasteiger partial charge in [-0.15, -0.1) is 0 Å². The number of rotatable bonds is 7. The maximum absolute atomic E-state index is 12.2. The molecule has 2 rings (SSSR count). The summed E-state index contributed by atoms with van der Waals surface area (Å²) in [5.41, 5.74) is 0.958. The van der Waals surface area contributed by atoms with E-state index in [1.165, 1.54) is 31.2 Å². The van der Waals surface area contributed by atoms with Crippen molar-refractivity contribution in [1.29, 1.82) is 0 Å². The van der Waals surface area contributed by atoms with Gasteiger partial charge in [-0.25, -0.2) is 21.6 Å². The summed E-state index contributed by atoms with van der Waals surface area (Å²) in [5, 5.41) is 0. The zero-order valence-electron chi connectivity index (χ0n) is 14.5. The van der Waals surface area contributed by atoms with E-state index in [1.54, 1.807) is 30.3 Å². The van der Waals surface area contributed by atoms with Crippen LogP contribution in [0.5, 0.6) is 0 Å². The van der Waals surface area contributed by atoms with Crippen LogP contribution in [0.15, 0.2) is 69.4 Å². The number of sulfonamides is 2. The van der Waals surface area contributed by atoms with E-state index in [9.17, 15) is 16.8 Å². The van der Waals surface area contributed by atoms with Crippen LogP contribution in [0.1, 0.15) is 12.5 Å². The molecule has 0 unspecified atom stereocenters. The van der Waals surface area contributed by atoms with Gasteiger partial charge in [-0.1, -0.05) is 35.9 Å². The minimum atomic E-state index is -3.70. The van der Waals surface area contributed by atoms with E-state index < -0.39 is 20.0 Å². The highest BCUT2D eigenvalue weighted by atomic mass is 32.2. The van der Waals surface area contributed by atoms with Crippen molar-refractivity contribution in [3.05, 3.63) is 60.2 Å². The van der Waals surface area contributed by atoms with Crippen molar-refractivity contribution < 1.29 is 16.8 Å². The molecule has 0 bridgehead atoms. The van der Waals surface area contributed by atoms with Gasteiger partial charge in [-0.3, -0.25) is 9.71 Å². The van der Waals surface area contributed by atoms with Gasteiger partial charge in [-0.05, 0) is 38.1 Å². The van der Waals surface area contributed by atoms with Crippen LogP contribution in [0.3, 0.4) is 0 Å². The molecule has 0 aliphatic carbocycles. The summed E-state index contributed by atoms with van der Waals surface area (Å²) in [5.74, 6) is 0.185. The minimum absolute atomic E-state index is 0.0564. The number of nitrogens with one attached hydrogen (secondary N) is 2. The Morgan fingerprint density at radius 1 is 0.885 bits per heavy atom. The molecular formula is C17H21N3O4S2. The Bertz CT molecular complexity index is 968. The van der Waals surface area contributed by atoms with Gasteiger partial charge in [-0.2, -0.15) is 0 Å². The molecule has 26 heavy (non-hydrogen) atoms. The van der Waals surface area contributed by atoms with Gasteiger partial charge in [0, 0.05) is 6.54 Å². The molecule has 0 aromatic heterocycles. The summed E-state index contributed by atoms with van der Waals surface area (Å²) in [6, 6.07) is 14.4. The Morgan fingerprint density at radius 3 is 2.08 bits per heavy atom. The third-order valence-corrected chi connectivity index (χ3v) is 6.35. The Balaban J connectivity index is 1.91. The van der Waals surface area contributed by atoms with E-state index in [-0.39, 0.29) is 28.7 Å². The number of aryl methyl sites for hydroxylation is 1. The van der Waals surface area contributed by atoms with Gasteiger partial charge in [0.15, 0.2) is 0 Å². The molecule has 0 atom stereocenters. The van der Waals surface area contributed by atoms with E-state index in [0.29, 0.717) is 0 Å². The maximum Gasteiger partial charge on any atom is 0.262 e. The number of amidine groups is 1. The first-order valence-corrected chi connectivity index (χ1v) is 10.8. The second-order valence-corrected chi connectivity index (χ2v) is 9.05. The van der Waals surface area contributed by atoms with Crippen LogP contribution in [0.25, 0.3) is 0 Å². The number of benzene rings is 2. The summed E-state index contributed by atoms with van der Waals surface area (Å²) >= 11 is 0. The first-order chi connectivity index (χ1) is 12.2. The summed E-state index contributed by atoms with van der Waals surface area (Å²) in [6.45, 7) is 3.54. The fourth-order valence-corrected chi connectivity index (χ4v) is 4.20. The Morgan fingerprint density at radius 2 is 1.46 bits per heavy atom. The smallest absolute Gasteiger partial charge is 0.262 e. The molecular weight excluding hydrogens is 374 g/mol. The van der Waals surface area contributed by atoms with Crippen molar-refractivity contribution >= 4 is 25.9 Å². The highest BCUT2D eigenvalue weighted by Gasteiger charge is 2.14. The average Bonchev–Trinajstić information content (AvgIpc) is 2.59. The Kier molecular flexibility index (Phi) is 6.52. The molecule has 0 heterocycles. The van der Waals surface area contributed by atoms with Crippen LogP contribution in [-0.2, 0) is 20.0 Å². The summed E-state index contributed by atoms with van der Waals surface area (Å²) in [6.07, 6.45) is 0. The van der Waals surface area contributed by atoms with Crippen LogP contribution in [-0.4, -0.2) is 35.8 Å². The first kappa shape index (κ1) is 20.1. The van der Waals surface area contributed by atoms with Crippen LogP contribution in [0.4, 0.5) is 0 Å². The zero-order valence-corrected chi connectivity index (χ0v) is 16.1. The lowest BCUT2D eigenvalue weighted by atomic mass is 10.2. The normalized spacial score (nSPS) is 12.8. The van der Waals surface area contributed by atoms with E-state index in [1.807, 2.05) is 6.92 Å². The van der Waals surface area contributed by atoms with Gasteiger partial charge in [0.2, 0.25) is 10.0 Å². The highest BCUT2D eigenvalue weighted by molar-refractivity contribution is 7.90. The molecule has 0 saturated carbocycles. The topological polar surface area (TPSA) is 105 Å². The predicted octanol–water partition coefficient (Wildman–Crippen LogP) is 1.67. The van der Waals surface area contributed by atoms with E-state index in [2.05, 4.69) is 14.4 Å². The van der Waals surface area contributed by atoms with Gasteiger partial charge < -0.3 is 0 Å². The average molecular weight is 396 g/mol. The third-order valence-electron chi connectivity index (χ3n) is 3.42. The van der Waals surface area contributed by atoms with Gasteiger partial charge in [0.25, 0.3) is 10.0 Å². The van der Waals surface area contributed by atoms with E-state index in [4.69, 9.17) is 0 Å². The Labute approximate surface area is 154 Å². The van der Waals surface area contributed by atoms with Crippen LogP contribution < -0.4 is 9.44 Å². The molecule has 0 aliphatic rings. The molecule has 0 amide bonds. The lowest BCUT2D eigenvalue weighted by molar-refractivity contribution is 0.581. The summed E-state index contributed by atoms with van der Waals surface area (Å²) in [7, 11) is -7.30. The lowest BCUT2D eigenvalue weighted by Gasteiger charge is -2.08. The standard InChI is InChI=1S/C17H21N3O4S2/c1-14-8-10-17(11-9-14)26(23,24)20-15(2)18-12-13-19-25(21,22)16-6-4-3-5-7-16/h3-11,19H,12-13H2,1-2H3,(H,18,20). The number of aliphatic imine (C=N–C) groups is 1. The van der Waals surface area contributed by atoms with Crippen LogP contribution in [0, 0.1) is 6.92 Å². The summed E-state index contributed by atoms with van der Waals surface area (Å²) in [4.78, 5) is 4.36. The molecule has 2 aromatic carbocycles. The predicted molar refractivity (Wildman–Crippen MR) is 101 cm³/mol. The van der Waals surface area contributed by atoms with E-state index in [0.717, 1.165) is 5.56 Å². The van der Waals surface area contributed by atoms with Crippen LogP contribution in [0.2, 0.25) is 0 Å². The fraction of sp³-hybridized carbons (Fsp3) is 0.235. The zero-order chi connectivity index (χ0) is 19.2. The molecule has 0 spiro atoms. The van der Waals surface area contributed by atoms with Crippen LogP contribution >= 0.6 is 0 Å². The van der Waals surface area contributed by atoms with Gasteiger partial charge >= 0.3 is 0 Å². The van der Waals surface area contributed by atoms with Crippen molar-refractivity contribution in [2.45, 2.75) is 23.6 Å². The van der Waals surface area contributed by atoms with Crippen molar-refractivity contribution in [3.63, 3.8) is 0 Å². The lowest BCUT2D eigenvalue weighted by Crippen LogP contribution is -2.30. The van der Waals surface area contributed by atoms with Crippen molar-refractivity contribution in [2.75, 3.05) is 13.1 Å². The second-order valence-electron chi connectivity index (χ2n) is 5.60. The first-order valence-electron chi connectivity index (χ1n) is 7.86. The number of nitrogens with zero attached hydrogens (tertiary/aromatic N) is 1. The van der Waals surface area contributed by atoms with Crippen molar-refractivity contribution in [2.24, 2.45) is 4.99 Å². The molecule has 0 aliphatic heterocycles. The Hall–Kier alpha value is -2.23. The molecule has 0 radical (unpaired) electrons. The molecule has 9 heteroatoms. The highest BCUT2D eigenvalue weighted by Crippen LogP contribution is 2.10. The van der Waals surface area contributed by atoms with Crippen molar-refractivity contribution in [3.8, 4) is 0 Å². The maximum atomic E-state index is 12.2. The van der Waals surface area contributed by atoms with Gasteiger partial charge in [0.05, 0.1) is 16.3 Å². The number of hydrogen-bond donors (Lipinski definition) is 2. The quantitative estimate of drug-likeness (QED) is 0.423. The summed E-state index contributed by atoms with van der Waals surface area (Å²) < 4.78 is 53.3. The molecule has 0 saturated heterocycles. The largest absolute Gasteiger partial charge is 0.271 e. The number of hydrogen-bond acceptors (Lipinski definition) is 5. The van der Waals surface area contributed by atoms with E-state index >= 15 is 0 Å². The molecule has 140 valence electrons. The molecule has 7 nitrogen and oxygen atoms in total. The SMILES string of the molecule is CC(=NCCNS(=O)(=O)c1ccccc1)NS(=O)(=O)c1ccc(C)cc1. The minimum Gasteiger partial charge on any atom is -0.271 e. The van der Waals surface area contributed by atoms with Gasteiger partial charge in [0.1, 0.15) is 5.84 Å². The molecule has 2 N–H and O–H groups in total. The third kappa shape index (κ3) is 5.65. The van der Waals surface area contributed by atoms with Crippen molar-refractivity contribution in [1.82, 2.24) is 9.44 Å². The molecule has 2 aromatic rings.